The van der Waals surface area contributed by atoms with Gasteiger partial charge in [-0.2, -0.15) is 0 Å². The number of aromatic nitrogens is 2. The topological polar surface area (TPSA) is 75.2 Å². The summed E-state index contributed by atoms with van der Waals surface area (Å²) >= 11 is 1.60. The summed E-state index contributed by atoms with van der Waals surface area (Å²) in [6.45, 7) is 1.07. The van der Waals surface area contributed by atoms with E-state index in [1.54, 1.807) is 40.6 Å². The van der Waals surface area contributed by atoms with E-state index in [0.29, 0.717) is 30.8 Å². The number of likely N-dealkylation sites (tertiary alicyclic amines) is 1. The van der Waals surface area contributed by atoms with Crippen LogP contribution in [-0.4, -0.2) is 45.8 Å². The van der Waals surface area contributed by atoms with Crippen molar-refractivity contribution in [3.63, 3.8) is 0 Å². The summed E-state index contributed by atoms with van der Waals surface area (Å²) in [6, 6.07) is 18.7. The summed E-state index contributed by atoms with van der Waals surface area (Å²) in [5, 5.41) is 5.94. The lowest BCUT2D eigenvalue weighted by molar-refractivity contribution is 0.0777. The van der Waals surface area contributed by atoms with Crippen molar-refractivity contribution in [3.05, 3.63) is 83.5 Å². The second kappa shape index (κ2) is 8.28. The molecular formula is C24H20N4O2S. The van der Waals surface area contributed by atoms with Crippen LogP contribution in [-0.2, 0) is 0 Å². The first-order valence-electron chi connectivity index (χ1n) is 10.1. The molecule has 5 rings (SSSR count). The number of rotatable bonds is 4. The minimum atomic E-state index is -0.145. The number of nitrogens with one attached hydrogen (secondary N) is 1. The van der Waals surface area contributed by atoms with Gasteiger partial charge >= 0.3 is 0 Å². The average Bonchev–Trinajstić information content (AvgIpc) is 3.51. The monoisotopic (exact) mass is 428 g/mol. The molecule has 3 aromatic heterocycles. The Morgan fingerprint density at radius 3 is 2.74 bits per heavy atom. The fourth-order valence-corrected chi connectivity index (χ4v) is 4.58. The molecule has 1 aromatic carbocycles. The molecule has 1 atom stereocenters. The largest absolute Gasteiger partial charge is 0.347 e. The van der Waals surface area contributed by atoms with E-state index in [4.69, 9.17) is 4.98 Å². The molecule has 154 valence electrons. The van der Waals surface area contributed by atoms with Crippen LogP contribution >= 0.6 is 11.3 Å². The highest BCUT2D eigenvalue weighted by molar-refractivity contribution is 7.13. The van der Waals surface area contributed by atoms with Crippen LogP contribution in [0.15, 0.2) is 72.2 Å². The van der Waals surface area contributed by atoms with Gasteiger partial charge in [0.1, 0.15) is 5.69 Å². The van der Waals surface area contributed by atoms with Gasteiger partial charge in [0, 0.05) is 30.7 Å². The van der Waals surface area contributed by atoms with Gasteiger partial charge in [-0.3, -0.25) is 14.6 Å². The van der Waals surface area contributed by atoms with Crippen LogP contribution in [0.5, 0.6) is 0 Å². The third kappa shape index (κ3) is 3.92. The Balaban J connectivity index is 1.37. The van der Waals surface area contributed by atoms with Gasteiger partial charge in [0.2, 0.25) is 0 Å². The van der Waals surface area contributed by atoms with E-state index in [1.165, 1.54) is 0 Å². The van der Waals surface area contributed by atoms with Crippen molar-refractivity contribution in [3.8, 4) is 10.6 Å². The summed E-state index contributed by atoms with van der Waals surface area (Å²) in [5.41, 5.74) is 2.60. The summed E-state index contributed by atoms with van der Waals surface area (Å²) in [5.74, 6) is -0.250. The van der Waals surface area contributed by atoms with Crippen molar-refractivity contribution in [2.75, 3.05) is 13.1 Å². The van der Waals surface area contributed by atoms with Crippen molar-refractivity contribution in [1.29, 1.82) is 0 Å². The van der Waals surface area contributed by atoms with Gasteiger partial charge in [-0.25, -0.2) is 4.98 Å². The molecule has 31 heavy (non-hydrogen) atoms. The Kier molecular flexibility index (Phi) is 5.18. The highest BCUT2D eigenvalue weighted by Crippen LogP contribution is 2.28. The minimum absolute atomic E-state index is 0.0997. The number of nitrogens with zero attached hydrogens (tertiary/aromatic N) is 3. The predicted octanol–water partition coefficient (Wildman–Crippen LogP) is 4.00. The van der Waals surface area contributed by atoms with Gasteiger partial charge < -0.3 is 10.2 Å². The number of para-hydroxylation sites is 1. The van der Waals surface area contributed by atoms with Crippen molar-refractivity contribution in [2.24, 2.45) is 0 Å². The number of fused-ring (bicyclic) bond motifs is 1. The molecule has 4 heterocycles. The molecule has 2 amide bonds. The maximum Gasteiger partial charge on any atom is 0.272 e. The smallest absolute Gasteiger partial charge is 0.272 e. The van der Waals surface area contributed by atoms with Gasteiger partial charge in [0.15, 0.2) is 0 Å². The summed E-state index contributed by atoms with van der Waals surface area (Å²) < 4.78 is 0. The first-order valence-corrected chi connectivity index (χ1v) is 11.0. The van der Waals surface area contributed by atoms with E-state index < -0.39 is 0 Å². The maximum absolute atomic E-state index is 13.2. The van der Waals surface area contributed by atoms with Gasteiger partial charge in [-0.05, 0) is 42.1 Å². The van der Waals surface area contributed by atoms with Crippen LogP contribution in [0.4, 0.5) is 0 Å². The van der Waals surface area contributed by atoms with Crippen LogP contribution < -0.4 is 5.32 Å². The number of carbonyl (C=O) groups excluding carboxylic acids is 2. The van der Waals surface area contributed by atoms with E-state index in [2.05, 4.69) is 10.3 Å². The van der Waals surface area contributed by atoms with Crippen molar-refractivity contribution in [1.82, 2.24) is 20.2 Å². The number of hydrogen-bond donors (Lipinski definition) is 1. The number of amides is 2. The molecule has 1 aliphatic heterocycles. The average molecular weight is 429 g/mol. The van der Waals surface area contributed by atoms with Gasteiger partial charge in [0.05, 0.1) is 21.7 Å². The van der Waals surface area contributed by atoms with Crippen LogP contribution in [0.3, 0.4) is 0 Å². The highest BCUT2D eigenvalue weighted by atomic mass is 32.1. The van der Waals surface area contributed by atoms with Crippen molar-refractivity contribution < 1.29 is 9.59 Å². The lowest BCUT2D eigenvalue weighted by Crippen LogP contribution is -2.38. The quantitative estimate of drug-likeness (QED) is 0.533. The van der Waals surface area contributed by atoms with Crippen molar-refractivity contribution >= 4 is 34.1 Å². The number of hydrogen-bond acceptors (Lipinski definition) is 5. The molecule has 0 bridgehead atoms. The number of thiophene rings is 1. The summed E-state index contributed by atoms with van der Waals surface area (Å²) in [6.07, 6.45) is 2.33. The fourth-order valence-electron chi connectivity index (χ4n) is 3.89. The van der Waals surface area contributed by atoms with Gasteiger partial charge in [0.25, 0.3) is 11.8 Å². The van der Waals surface area contributed by atoms with Gasteiger partial charge in [-0.1, -0.05) is 30.3 Å². The molecule has 1 N–H and O–H groups in total. The number of carbonyl (C=O) groups is 2. The Labute approximate surface area is 183 Å². The van der Waals surface area contributed by atoms with E-state index in [1.807, 2.05) is 47.8 Å². The molecule has 1 fully saturated rings. The van der Waals surface area contributed by atoms with E-state index in [-0.39, 0.29) is 17.9 Å². The zero-order valence-corrected chi connectivity index (χ0v) is 17.5. The van der Waals surface area contributed by atoms with E-state index >= 15 is 0 Å². The highest BCUT2D eigenvalue weighted by Gasteiger charge is 2.29. The van der Waals surface area contributed by atoms with Crippen LogP contribution in [0.25, 0.3) is 21.5 Å². The first kappa shape index (κ1) is 19.4. The molecule has 1 aliphatic rings. The lowest BCUT2D eigenvalue weighted by Gasteiger charge is -2.17. The van der Waals surface area contributed by atoms with Crippen molar-refractivity contribution in [2.45, 2.75) is 12.5 Å². The minimum Gasteiger partial charge on any atom is -0.347 e. The third-order valence-electron chi connectivity index (χ3n) is 5.43. The second-order valence-corrected chi connectivity index (χ2v) is 8.42. The SMILES string of the molecule is O=C(N[C@H]1CCN(C(=O)c2ccccn2)C1)c1cc(-c2cccs2)nc2ccccc12. The molecule has 0 aliphatic carbocycles. The molecule has 6 nitrogen and oxygen atoms in total. The standard InChI is InChI=1S/C24H20N4O2S/c29-23(26-16-10-12-28(15-16)24(30)20-8-3-4-11-25-20)18-14-21(22-9-5-13-31-22)27-19-7-2-1-6-17(18)19/h1-9,11,13-14,16H,10,12,15H2,(H,26,29)/t16-/m0/s1. The molecular weight excluding hydrogens is 408 g/mol. The second-order valence-electron chi connectivity index (χ2n) is 7.47. The van der Waals surface area contributed by atoms with Crippen LogP contribution in [0.2, 0.25) is 0 Å². The fraction of sp³-hybridized carbons (Fsp3) is 0.167. The van der Waals surface area contributed by atoms with Crippen LogP contribution in [0.1, 0.15) is 27.3 Å². The lowest BCUT2D eigenvalue weighted by atomic mass is 10.1. The molecule has 7 heteroatoms. The molecule has 0 radical (unpaired) electrons. The summed E-state index contributed by atoms with van der Waals surface area (Å²) in [7, 11) is 0. The zero-order chi connectivity index (χ0) is 21.2. The van der Waals surface area contributed by atoms with E-state index in [9.17, 15) is 9.59 Å². The maximum atomic E-state index is 13.2. The Bertz CT molecular complexity index is 1240. The van der Waals surface area contributed by atoms with Crippen LogP contribution in [0, 0.1) is 0 Å². The Morgan fingerprint density at radius 2 is 1.94 bits per heavy atom. The Hall–Kier alpha value is -3.58. The molecule has 0 spiro atoms. The molecule has 4 aromatic rings. The number of pyridine rings is 2. The first-order chi connectivity index (χ1) is 15.2. The Morgan fingerprint density at radius 1 is 1.06 bits per heavy atom. The number of benzene rings is 1. The summed E-state index contributed by atoms with van der Waals surface area (Å²) in [4.78, 5) is 37.5. The third-order valence-corrected chi connectivity index (χ3v) is 6.32. The molecule has 1 saturated heterocycles. The normalized spacial score (nSPS) is 15.9. The molecule has 0 saturated carbocycles. The van der Waals surface area contributed by atoms with Gasteiger partial charge in [-0.15, -0.1) is 11.3 Å². The molecule has 0 unspecified atom stereocenters. The predicted molar refractivity (Wildman–Crippen MR) is 121 cm³/mol. The zero-order valence-electron chi connectivity index (χ0n) is 16.7. The van der Waals surface area contributed by atoms with E-state index in [0.717, 1.165) is 21.5 Å².